The summed E-state index contributed by atoms with van der Waals surface area (Å²) >= 11 is 0. The molecular formula is C18H25N3O2. The second kappa shape index (κ2) is 6.34. The molecule has 0 bridgehead atoms. The van der Waals surface area contributed by atoms with Gasteiger partial charge in [0.2, 0.25) is 0 Å². The van der Waals surface area contributed by atoms with Crippen molar-refractivity contribution in [3.05, 3.63) is 47.5 Å². The van der Waals surface area contributed by atoms with Gasteiger partial charge in [-0.2, -0.15) is 0 Å². The second-order valence-electron chi connectivity index (χ2n) is 6.36. The van der Waals surface area contributed by atoms with Crippen molar-refractivity contribution in [2.75, 3.05) is 20.2 Å². The second-order valence-corrected chi connectivity index (χ2v) is 6.36. The van der Waals surface area contributed by atoms with Crippen LogP contribution < -0.4 is 4.74 Å². The molecule has 1 fully saturated rings. The topological polar surface area (TPSA) is 50.5 Å². The highest BCUT2D eigenvalue weighted by Crippen LogP contribution is 2.38. The summed E-state index contributed by atoms with van der Waals surface area (Å²) in [4.78, 5) is 6.73. The maximum absolute atomic E-state index is 11.1. The number of para-hydroxylation sites is 1. The Morgan fingerprint density at radius 1 is 1.26 bits per heavy atom. The quantitative estimate of drug-likeness (QED) is 0.940. The summed E-state index contributed by atoms with van der Waals surface area (Å²) in [6.07, 6.45) is 3.37. The smallest absolute Gasteiger partial charge is 0.124 e. The van der Waals surface area contributed by atoms with Crippen LogP contribution in [-0.4, -0.2) is 39.8 Å². The van der Waals surface area contributed by atoms with Gasteiger partial charge in [-0.25, -0.2) is 4.98 Å². The van der Waals surface area contributed by atoms with Crippen molar-refractivity contribution in [2.45, 2.75) is 31.9 Å². The minimum absolute atomic E-state index is 0.713. The van der Waals surface area contributed by atoms with Crippen molar-refractivity contribution in [1.82, 2.24) is 14.5 Å². The third kappa shape index (κ3) is 3.12. The Balaban J connectivity index is 1.69. The molecule has 3 rings (SSSR count). The molecule has 1 aliphatic heterocycles. The van der Waals surface area contributed by atoms with Gasteiger partial charge < -0.3 is 14.4 Å². The Morgan fingerprint density at radius 3 is 2.57 bits per heavy atom. The van der Waals surface area contributed by atoms with Crippen LogP contribution in [0.5, 0.6) is 5.75 Å². The minimum Gasteiger partial charge on any atom is -0.496 e. The van der Waals surface area contributed by atoms with Gasteiger partial charge in [0.1, 0.15) is 11.6 Å². The van der Waals surface area contributed by atoms with Crippen molar-refractivity contribution in [3.63, 3.8) is 0 Å². The van der Waals surface area contributed by atoms with Gasteiger partial charge in [0.25, 0.3) is 0 Å². The Morgan fingerprint density at radius 2 is 1.96 bits per heavy atom. The van der Waals surface area contributed by atoms with Crippen LogP contribution in [-0.2, 0) is 19.2 Å². The van der Waals surface area contributed by atoms with Gasteiger partial charge in [0.15, 0.2) is 0 Å². The lowest BCUT2D eigenvalue weighted by Crippen LogP contribution is -2.42. The summed E-state index contributed by atoms with van der Waals surface area (Å²) < 4.78 is 7.55. The molecule has 1 aromatic carbocycles. The summed E-state index contributed by atoms with van der Waals surface area (Å²) in [6.45, 7) is 4.61. The van der Waals surface area contributed by atoms with Crippen molar-refractivity contribution in [2.24, 2.45) is 7.05 Å². The molecule has 1 N–H and O–H groups in total. The lowest BCUT2D eigenvalue weighted by atomic mass is 9.84. The number of nitrogens with zero attached hydrogens (tertiary/aromatic N) is 3. The van der Waals surface area contributed by atoms with Gasteiger partial charge in [-0.3, -0.25) is 4.90 Å². The van der Waals surface area contributed by atoms with E-state index in [1.165, 1.54) is 5.69 Å². The third-order valence-electron chi connectivity index (χ3n) is 4.99. The van der Waals surface area contributed by atoms with E-state index in [0.29, 0.717) is 12.8 Å². The van der Waals surface area contributed by atoms with Gasteiger partial charge in [-0.15, -0.1) is 0 Å². The Kier molecular flexibility index (Phi) is 4.41. The SMILES string of the molecule is COc1ccccc1C1(O)CCN(Cc2cnc(C)n2C)CC1. The Bertz CT molecular complexity index is 673. The van der Waals surface area contributed by atoms with Gasteiger partial charge in [-0.05, 0) is 25.8 Å². The number of aromatic nitrogens is 2. The molecule has 124 valence electrons. The zero-order valence-corrected chi connectivity index (χ0v) is 14.1. The molecule has 0 spiro atoms. The fourth-order valence-electron chi connectivity index (χ4n) is 3.30. The molecule has 1 aromatic heterocycles. The van der Waals surface area contributed by atoms with Crippen LogP contribution in [0, 0.1) is 6.92 Å². The van der Waals surface area contributed by atoms with E-state index in [9.17, 15) is 5.11 Å². The standard InChI is InChI=1S/C18H25N3O2/c1-14-19-12-15(20(14)2)13-21-10-8-18(22,9-11-21)16-6-4-5-7-17(16)23-3/h4-7,12,22H,8-11,13H2,1-3H3. The van der Waals surface area contributed by atoms with Gasteiger partial charge in [0, 0.05) is 38.4 Å². The third-order valence-corrected chi connectivity index (χ3v) is 4.99. The molecule has 0 saturated carbocycles. The number of hydrogen-bond acceptors (Lipinski definition) is 4. The molecule has 0 aliphatic carbocycles. The van der Waals surface area contributed by atoms with Gasteiger partial charge >= 0.3 is 0 Å². The molecule has 1 saturated heterocycles. The number of ether oxygens (including phenoxy) is 1. The number of imidazole rings is 1. The van der Waals surface area contributed by atoms with Crippen molar-refractivity contribution in [3.8, 4) is 5.75 Å². The van der Waals surface area contributed by atoms with Crippen molar-refractivity contribution >= 4 is 0 Å². The van der Waals surface area contributed by atoms with E-state index in [0.717, 1.165) is 36.8 Å². The number of aliphatic hydroxyl groups is 1. The van der Waals surface area contributed by atoms with Crippen LogP contribution >= 0.6 is 0 Å². The van der Waals surface area contributed by atoms with E-state index in [1.54, 1.807) is 7.11 Å². The van der Waals surface area contributed by atoms with E-state index < -0.39 is 5.60 Å². The molecule has 0 unspecified atom stereocenters. The summed E-state index contributed by atoms with van der Waals surface area (Å²) in [5.41, 5.74) is 1.31. The Labute approximate surface area is 137 Å². The molecule has 0 amide bonds. The van der Waals surface area contributed by atoms with Crippen LogP contribution in [0.1, 0.15) is 29.9 Å². The Hall–Kier alpha value is -1.85. The summed E-state index contributed by atoms with van der Waals surface area (Å²) in [5, 5.41) is 11.1. The summed E-state index contributed by atoms with van der Waals surface area (Å²) in [6, 6.07) is 7.78. The highest BCUT2D eigenvalue weighted by atomic mass is 16.5. The van der Waals surface area contributed by atoms with E-state index in [1.807, 2.05) is 44.4 Å². The molecule has 0 atom stereocenters. The maximum Gasteiger partial charge on any atom is 0.124 e. The lowest BCUT2D eigenvalue weighted by Gasteiger charge is -2.39. The molecule has 5 heteroatoms. The summed E-state index contributed by atoms with van der Waals surface area (Å²) in [5.74, 6) is 1.80. The van der Waals surface area contributed by atoms with Crippen molar-refractivity contribution < 1.29 is 9.84 Å². The van der Waals surface area contributed by atoms with Crippen LogP contribution in [0.4, 0.5) is 0 Å². The highest BCUT2D eigenvalue weighted by Gasteiger charge is 2.36. The molecule has 2 aromatic rings. The van der Waals surface area contributed by atoms with Crippen LogP contribution in [0.2, 0.25) is 0 Å². The number of rotatable bonds is 4. The first-order chi connectivity index (χ1) is 11.0. The minimum atomic E-state index is -0.800. The average Bonchev–Trinajstić information content (AvgIpc) is 2.89. The summed E-state index contributed by atoms with van der Waals surface area (Å²) in [7, 11) is 3.70. The molecule has 0 radical (unpaired) electrons. The number of likely N-dealkylation sites (tertiary alicyclic amines) is 1. The first kappa shape index (κ1) is 16.0. The van der Waals surface area contributed by atoms with E-state index in [4.69, 9.17) is 4.74 Å². The molecule has 2 heterocycles. The predicted octanol–water partition coefficient (Wildman–Crippen LogP) is 2.22. The van der Waals surface area contributed by atoms with Crippen LogP contribution in [0.25, 0.3) is 0 Å². The zero-order chi connectivity index (χ0) is 16.4. The van der Waals surface area contributed by atoms with E-state index in [2.05, 4.69) is 14.5 Å². The predicted molar refractivity (Wildman–Crippen MR) is 89.3 cm³/mol. The number of methoxy groups -OCH3 is 1. The lowest BCUT2D eigenvalue weighted by molar-refractivity contribution is -0.0296. The fraction of sp³-hybridized carbons (Fsp3) is 0.500. The van der Waals surface area contributed by atoms with Gasteiger partial charge in [-0.1, -0.05) is 18.2 Å². The van der Waals surface area contributed by atoms with Crippen molar-refractivity contribution in [1.29, 1.82) is 0 Å². The zero-order valence-electron chi connectivity index (χ0n) is 14.1. The highest BCUT2D eigenvalue weighted by molar-refractivity contribution is 5.38. The molecule has 23 heavy (non-hydrogen) atoms. The van der Waals surface area contributed by atoms with Crippen LogP contribution in [0.15, 0.2) is 30.5 Å². The molecule has 1 aliphatic rings. The number of hydrogen-bond donors (Lipinski definition) is 1. The first-order valence-corrected chi connectivity index (χ1v) is 8.09. The normalized spacial score (nSPS) is 18.1. The van der Waals surface area contributed by atoms with Gasteiger partial charge in [0.05, 0.1) is 18.4 Å². The number of benzene rings is 1. The number of aryl methyl sites for hydroxylation is 1. The average molecular weight is 315 g/mol. The first-order valence-electron chi connectivity index (χ1n) is 8.09. The van der Waals surface area contributed by atoms with E-state index in [-0.39, 0.29) is 0 Å². The fourth-order valence-corrected chi connectivity index (χ4v) is 3.30. The number of piperidine rings is 1. The van der Waals surface area contributed by atoms with E-state index >= 15 is 0 Å². The maximum atomic E-state index is 11.1. The molecule has 5 nitrogen and oxygen atoms in total. The van der Waals surface area contributed by atoms with Crippen LogP contribution in [0.3, 0.4) is 0 Å². The monoisotopic (exact) mass is 315 g/mol. The molecular weight excluding hydrogens is 290 g/mol. The largest absolute Gasteiger partial charge is 0.496 e.